The molecule has 0 saturated carbocycles. The molecule has 1 fully saturated rings. The summed E-state index contributed by atoms with van der Waals surface area (Å²) in [6, 6.07) is 6.20. The lowest BCUT2D eigenvalue weighted by Gasteiger charge is -2.42. The zero-order valence-electron chi connectivity index (χ0n) is 9.66. The molecule has 2 N–H and O–H groups in total. The first kappa shape index (κ1) is 10.3. The Balaban J connectivity index is 2.04. The van der Waals surface area contributed by atoms with E-state index in [1.54, 1.807) is 0 Å². The quantitative estimate of drug-likeness (QED) is 0.767. The monoisotopic (exact) mass is 204 g/mol. The molecule has 1 aromatic rings. The van der Waals surface area contributed by atoms with E-state index in [2.05, 4.69) is 24.8 Å². The van der Waals surface area contributed by atoms with Gasteiger partial charge >= 0.3 is 0 Å². The van der Waals surface area contributed by atoms with E-state index < -0.39 is 0 Å². The minimum atomic E-state index is 0.899. The van der Waals surface area contributed by atoms with Crippen molar-refractivity contribution < 1.29 is 0 Å². The molecule has 82 valence electrons. The molecule has 1 aliphatic heterocycles. The first-order chi connectivity index (χ1) is 7.22. The number of hydrogen-bond acceptors (Lipinski definition) is 2. The lowest BCUT2D eigenvalue weighted by atomic mass is 9.93. The third-order valence-electron chi connectivity index (χ3n) is 3.34. The van der Waals surface area contributed by atoms with Crippen molar-refractivity contribution in [1.29, 1.82) is 0 Å². The van der Waals surface area contributed by atoms with Crippen molar-refractivity contribution in [2.75, 3.05) is 23.7 Å². The van der Waals surface area contributed by atoms with Crippen LogP contribution in [0, 0.1) is 12.8 Å². The second-order valence-corrected chi connectivity index (χ2v) is 4.55. The summed E-state index contributed by atoms with van der Waals surface area (Å²) in [5.74, 6) is 0.899. The molecule has 2 heteroatoms. The summed E-state index contributed by atoms with van der Waals surface area (Å²) in [6.07, 6.45) is 2.66. The molecule has 1 saturated heterocycles. The normalized spacial score (nSPS) is 16.5. The minimum Gasteiger partial charge on any atom is -0.398 e. The van der Waals surface area contributed by atoms with Gasteiger partial charge in [0.1, 0.15) is 0 Å². The number of benzene rings is 1. The van der Waals surface area contributed by atoms with E-state index >= 15 is 0 Å². The Labute approximate surface area is 92.1 Å². The molecule has 0 spiro atoms. The first-order valence-electron chi connectivity index (χ1n) is 5.82. The van der Waals surface area contributed by atoms with Gasteiger partial charge in [-0.25, -0.2) is 0 Å². The molecule has 2 rings (SSSR count). The van der Waals surface area contributed by atoms with E-state index in [1.165, 1.54) is 37.2 Å². The van der Waals surface area contributed by atoms with Gasteiger partial charge in [0.05, 0.1) is 0 Å². The van der Waals surface area contributed by atoms with Crippen LogP contribution in [0.25, 0.3) is 0 Å². The second-order valence-electron chi connectivity index (χ2n) is 4.55. The Morgan fingerprint density at radius 2 is 2.13 bits per heavy atom. The standard InChI is InChI=1S/C13H20N2/c1-3-5-11-8-15(9-11)13-7-4-6-12(14)10(13)2/h4,6-7,11H,3,5,8-9,14H2,1-2H3. The summed E-state index contributed by atoms with van der Waals surface area (Å²) in [5.41, 5.74) is 9.36. The molecule has 15 heavy (non-hydrogen) atoms. The molecule has 1 aliphatic rings. The predicted molar refractivity (Wildman–Crippen MR) is 66.2 cm³/mol. The topological polar surface area (TPSA) is 29.3 Å². The first-order valence-corrected chi connectivity index (χ1v) is 5.82. The molecule has 0 atom stereocenters. The van der Waals surface area contributed by atoms with E-state index in [0.717, 1.165) is 11.6 Å². The third kappa shape index (κ3) is 1.94. The highest BCUT2D eigenvalue weighted by atomic mass is 15.2. The smallest absolute Gasteiger partial charge is 0.0416 e. The molecule has 0 amide bonds. The summed E-state index contributed by atoms with van der Waals surface area (Å²) in [5, 5.41) is 0. The van der Waals surface area contributed by atoms with Gasteiger partial charge in [0.15, 0.2) is 0 Å². The van der Waals surface area contributed by atoms with Gasteiger partial charge in [-0.1, -0.05) is 19.4 Å². The van der Waals surface area contributed by atoms with Crippen LogP contribution < -0.4 is 10.6 Å². The van der Waals surface area contributed by atoms with E-state index in [0.29, 0.717) is 0 Å². The van der Waals surface area contributed by atoms with Crippen molar-refractivity contribution >= 4 is 11.4 Å². The summed E-state index contributed by atoms with van der Waals surface area (Å²) >= 11 is 0. The lowest BCUT2D eigenvalue weighted by molar-refractivity contribution is 0.380. The Bertz CT molecular complexity index is 340. The number of nitrogens with zero attached hydrogens (tertiary/aromatic N) is 1. The van der Waals surface area contributed by atoms with Gasteiger partial charge in [-0.2, -0.15) is 0 Å². The maximum absolute atomic E-state index is 5.90. The minimum absolute atomic E-state index is 0.899. The number of rotatable bonds is 3. The van der Waals surface area contributed by atoms with E-state index in [1.807, 2.05) is 12.1 Å². The van der Waals surface area contributed by atoms with Crippen LogP contribution in [0.4, 0.5) is 11.4 Å². The molecule has 0 unspecified atom stereocenters. The Hall–Kier alpha value is -1.18. The fourth-order valence-corrected chi connectivity index (χ4v) is 2.34. The summed E-state index contributed by atoms with van der Waals surface area (Å²) in [6.45, 7) is 6.78. The van der Waals surface area contributed by atoms with Gasteiger partial charge in [0, 0.05) is 24.5 Å². The van der Waals surface area contributed by atoms with Crippen LogP contribution in [0.2, 0.25) is 0 Å². The number of hydrogen-bond donors (Lipinski definition) is 1. The van der Waals surface area contributed by atoms with E-state index in [9.17, 15) is 0 Å². The zero-order chi connectivity index (χ0) is 10.8. The SMILES string of the molecule is CCCC1CN(c2cccc(N)c2C)C1. The highest BCUT2D eigenvalue weighted by molar-refractivity contribution is 5.65. The molecular formula is C13H20N2. The van der Waals surface area contributed by atoms with E-state index in [4.69, 9.17) is 5.73 Å². The van der Waals surface area contributed by atoms with Gasteiger partial charge < -0.3 is 10.6 Å². The molecule has 1 aromatic carbocycles. The maximum atomic E-state index is 5.90. The highest BCUT2D eigenvalue weighted by Gasteiger charge is 2.26. The summed E-state index contributed by atoms with van der Waals surface area (Å²) < 4.78 is 0. The zero-order valence-corrected chi connectivity index (χ0v) is 9.66. The van der Waals surface area contributed by atoms with Gasteiger partial charge in [-0.05, 0) is 37.0 Å². The number of nitrogens with two attached hydrogens (primary N) is 1. The van der Waals surface area contributed by atoms with E-state index in [-0.39, 0.29) is 0 Å². The fraction of sp³-hybridized carbons (Fsp3) is 0.538. The second kappa shape index (κ2) is 4.13. The lowest BCUT2D eigenvalue weighted by Crippen LogP contribution is -2.47. The van der Waals surface area contributed by atoms with Crippen LogP contribution in [-0.4, -0.2) is 13.1 Å². The Kier molecular flexibility index (Phi) is 2.85. The molecule has 1 heterocycles. The average Bonchev–Trinajstić information content (AvgIpc) is 2.16. The van der Waals surface area contributed by atoms with Crippen LogP contribution >= 0.6 is 0 Å². The molecule has 0 aliphatic carbocycles. The molecule has 0 bridgehead atoms. The predicted octanol–water partition coefficient (Wildman–Crippen LogP) is 2.81. The number of nitrogen functional groups attached to an aromatic ring is 1. The summed E-state index contributed by atoms with van der Waals surface area (Å²) in [4.78, 5) is 2.44. The van der Waals surface area contributed by atoms with Crippen molar-refractivity contribution in [1.82, 2.24) is 0 Å². The van der Waals surface area contributed by atoms with Gasteiger partial charge in [-0.3, -0.25) is 0 Å². The van der Waals surface area contributed by atoms with Gasteiger partial charge in [0.25, 0.3) is 0 Å². The van der Waals surface area contributed by atoms with Crippen LogP contribution in [0.3, 0.4) is 0 Å². The Morgan fingerprint density at radius 1 is 1.40 bits per heavy atom. The average molecular weight is 204 g/mol. The molecule has 0 radical (unpaired) electrons. The van der Waals surface area contributed by atoms with Crippen molar-refractivity contribution in [2.24, 2.45) is 5.92 Å². The van der Waals surface area contributed by atoms with Crippen LogP contribution in [0.5, 0.6) is 0 Å². The Morgan fingerprint density at radius 3 is 2.80 bits per heavy atom. The third-order valence-corrected chi connectivity index (χ3v) is 3.34. The van der Waals surface area contributed by atoms with Gasteiger partial charge in [-0.15, -0.1) is 0 Å². The fourth-order valence-electron chi connectivity index (χ4n) is 2.34. The molecule has 0 aromatic heterocycles. The summed E-state index contributed by atoms with van der Waals surface area (Å²) in [7, 11) is 0. The maximum Gasteiger partial charge on any atom is 0.0416 e. The van der Waals surface area contributed by atoms with Crippen LogP contribution in [0.1, 0.15) is 25.3 Å². The van der Waals surface area contributed by atoms with Crippen LogP contribution in [0.15, 0.2) is 18.2 Å². The highest BCUT2D eigenvalue weighted by Crippen LogP contribution is 2.31. The van der Waals surface area contributed by atoms with Crippen molar-refractivity contribution in [2.45, 2.75) is 26.7 Å². The molecule has 2 nitrogen and oxygen atoms in total. The van der Waals surface area contributed by atoms with Crippen LogP contribution in [-0.2, 0) is 0 Å². The van der Waals surface area contributed by atoms with Crippen molar-refractivity contribution in [3.8, 4) is 0 Å². The van der Waals surface area contributed by atoms with Crippen molar-refractivity contribution in [3.63, 3.8) is 0 Å². The van der Waals surface area contributed by atoms with Crippen molar-refractivity contribution in [3.05, 3.63) is 23.8 Å². The largest absolute Gasteiger partial charge is 0.398 e. The molecular weight excluding hydrogens is 184 g/mol. The number of anilines is 2. The van der Waals surface area contributed by atoms with Gasteiger partial charge in [0.2, 0.25) is 0 Å².